The van der Waals surface area contributed by atoms with E-state index in [-0.39, 0.29) is 38.6 Å². The first kappa shape index (κ1) is 10.5. The molecule has 0 fully saturated rings. The molecule has 0 spiro atoms. The normalized spacial score (nSPS) is 6.71. The smallest absolute Gasteiger partial charge is 0.189 e. The third-order valence-corrected chi connectivity index (χ3v) is 0.538. The van der Waals surface area contributed by atoms with E-state index in [1.54, 1.807) is 7.05 Å². The number of nitrogens with zero attached hydrogens (tertiary/aromatic N) is 1. The molecule has 0 heterocycles. The molecule has 0 aromatic heterocycles. The van der Waals surface area contributed by atoms with Gasteiger partial charge in [0.05, 0.1) is 0 Å². The first-order valence-electron chi connectivity index (χ1n) is 1.69. The Morgan fingerprint density at radius 1 is 1.71 bits per heavy atom. The molecule has 39 valence electrons. The third-order valence-electron chi connectivity index (χ3n) is 0.538. The second-order valence-corrected chi connectivity index (χ2v) is 1.22. The zero-order valence-corrected chi connectivity index (χ0v) is 7.48. The number of amides is 1. The number of carbonyl (C=O) groups excluding carboxylic acids is 1. The van der Waals surface area contributed by atoms with Gasteiger partial charge in [0.25, 0.3) is 0 Å². The average molecular weight is 175 g/mol. The van der Waals surface area contributed by atoms with Crippen LogP contribution in [0.15, 0.2) is 0 Å². The van der Waals surface area contributed by atoms with Crippen molar-refractivity contribution in [2.24, 2.45) is 0 Å². The van der Waals surface area contributed by atoms with Gasteiger partial charge in [-0.1, -0.05) is 0 Å². The maximum atomic E-state index is 10.0. The van der Waals surface area contributed by atoms with Crippen LogP contribution in [0.2, 0.25) is 0 Å². The van der Waals surface area contributed by atoms with Crippen LogP contribution in [0.25, 0.3) is 0 Å². The summed E-state index contributed by atoms with van der Waals surface area (Å²) in [6.07, 6.45) is 0. The summed E-state index contributed by atoms with van der Waals surface area (Å²) in [6, 6.07) is 0. The molecule has 0 aliphatic carbocycles. The number of hydrogen-bond acceptors (Lipinski definition) is 1. The second kappa shape index (κ2) is 4.73. The van der Waals surface area contributed by atoms with Crippen LogP contribution in [0.5, 0.6) is 0 Å². The van der Waals surface area contributed by atoms with Crippen molar-refractivity contribution < 1.29 is 37.5 Å². The molecule has 3 heteroatoms. The average Bonchev–Trinajstić information content (AvgIpc) is 1.36. The summed E-state index contributed by atoms with van der Waals surface area (Å²) in [5.41, 5.74) is 0. The van der Waals surface area contributed by atoms with E-state index >= 15 is 0 Å². The molecular formula is C4H8NOY-. The van der Waals surface area contributed by atoms with Crippen molar-refractivity contribution >= 4 is 5.91 Å². The zero-order valence-electron chi connectivity index (χ0n) is 4.64. The molecule has 7 heavy (non-hydrogen) atoms. The Morgan fingerprint density at radius 3 is 1.86 bits per heavy atom. The van der Waals surface area contributed by atoms with Crippen LogP contribution >= 0.6 is 0 Å². The van der Waals surface area contributed by atoms with Gasteiger partial charge in [-0.3, -0.25) is 11.8 Å². The largest absolute Gasteiger partial charge is 0.498 e. The molecule has 0 aromatic rings. The van der Waals surface area contributed by atoms with Gasteiger partial charge in [0.2, 0.25) is 0 Å². The number of carbonyl (C=O) groups is 1. The molecule has 1 radical (unpaired) electrons. The minimum absolute atomic E-state index is 0. The summed E-state index contributed by atoms with van der Waals surface area (Å²) >= 11 is 0. The van der Waals surface area contributed by atoms with E-state index in [9.17, 15) is 4.79 Å². The fraction of sp³-hybridized carbons (Fsp3) is 0.500. The van der Waals surface area contributed by atoms with Crippen LogP contribution in [-0.2, 0) is 37.5 Å². The van der Waals surface area contributed by atoms with Crippen LogP contribution in [0, 0.1) is 7.05 Å². The van der Waals surface area contributed by atoms with E-state index in [4.69, 9.17) is 0 Å². The van der Waals surface area contributed by atoms with E-state index in [0.717, 1.165) is 0 Å². The van der Waals surface area contributed by atoms with Gasteiger partial charge in [0.1, 0.15) is 0 Å². The molecule has 0 N–H and O–H groups in total. The second-order valence-electron chi connectivity index (χ2n) is 1.22. The Hall–Kier alpha value is 0.574. The summed E-state index contributed by atoms with van der Waals surface area (Å²) < 4.78 is 0. The predicted octanol–water partition coefficient (Wildman–Crippen LogP) is 0.254. The summed E-state index contributed by atoms with van der Waals surface area (Å²) in [5, 5.41) is 0. The quantitative estimate of drug-likeness (QED) is 0.483. The summed E-state index contributed by atoms with van der Waals surface area (Å²) in [6.45, 7) is 1.47. The summed E-state index contributed by atoms with van der Waals surface area (Å²) in [4.78, 5) is 11.3. The Bertz CT molecular complexity index is 62.7. The van der Waals surface area contributed by atoms with Gasteiger partial charge >= 0.3 is 0 Å². The van der Waals surface area contributed by atoms with Crippen molar-refractivity contribution in [3.8, 4) is 0 Å². The van der Waals surface area contributed by atoms with E-state index in [1.165, 1.54) is 11.8 Å². The molecule has 0 aliphatic heterocycles. The molecule has 1 amide bonds. The molecule has 0 aliphatic rings. The topological polar surface area (TPSA) is 20.3 Å². The van der Waals surface area contributed by atoms with Crippen molar-refractivity contribution in [2.45, 2.75) is 6.92 Å². The van der Waals surface area contributed by atoms with Gasteiger partial charge < -0.3 is 4.90 Å². The molecule has 2 nitrogen and oxygen atoms in total. The van der Waals surface area contributed by atoms with Crippen LogP contribution in [0.1, 0.15) is 6.92 Å². The SMILES string of the molecule is [CH2-]N(C)C(C)=O.[Y]. The van der Waals surface area contributed by atoms with Crippen LogP contribution in [-0.4, -0.2) is 17.9 Å². The van der Waals surface area contributed by atoms with Gasteiger partial charge in [0, 0.05) is 39.6 Å². The Morgan fingerprint density at radius 2 is 1.86 bits per heavy atom. The number of hydrogen-bond donors (Lipinski definition) is 0. The molecule has 0 unspecified atom stereocenters. The van der Waals surface area contributed by atoms with Crippen molar-refractivity contribution in [1.29, 1.82) is 0 Å². The summed E-state index contributed by atoms with van der Waals surface area (Å²) in [5.74, 6) is -0.0185. The van der Waals surface area contributed by atoms with Gasteiger partial charge in [-0.15, -0.1) is 0 Å². The van der Waals surface area contributed by atoms with E-state index < -0.39 is 0 Å². The monoisotopic (exact) mass is 175 g/mol. The predicted molar refractivity (Wildman–Crippen MR) is 23.8 cm³/mol. The molecule has 0 rings (SSSR count). The van der Waals surface area contributed by atoms with E-state index in [2.05, 4.69) is 7.05 Å². The van der Waals surface area contributed by atoms with Gasteiger partial charge in [-0.2, -0.15) is 0 Å². The standard InChI is InChI=1S/C4H8NO.Y/c1-4(6)5(2)3;/h2H2,1,3H3;/q-1;. The molecule has 0 bridgehead atoms. The van der Waals surface area contributed by atoms with Crippen molar-refractivity contribution in [1.82, 2.24) is 4.90 Å². The van der Waals surface area contributed by atoms with Crippen LogP contribution < -0.4 is 0 Å². The Kier molecular flexibility index (Phi) is 7.11. The van der Waals surface area contributed by atoms with E-state index in [1.807, 2.05) is 0 Å². The van der Waals surface area contributed by atoms with Crippen molar-refractivity contribution in [3.05, 3.63) is 7.05 Å². The maximum absolute atomic E-state index is 10.0. The van der Waals surface area contributed by atoms with Gasteiger partial charge in [0.15, 0.2) is 5.91 Å². The van der Waals surface area contributed by atoms with Crippen LogP contribution in [0.3, 0.4) is 0 Å². The fourth-order valence-electron chi connectivity index (χ4n) is 0. The first-order chi connectivity index (χ1) is 2.64. The first-order valence-corrected chi connectivity index (χ1v) is 1.69. The molecule has 0 atom stereocenters. The van der Waals surface area contributed by atoms with E-state index in [0.29, 0.717) is 0 Å². The molecule has 0 saturated heterocycles. The molecule has 0 saturated carbocycles. The Labute approximate surface area is 69.1 Å². The van der Waals surface area contributed by atoms with Crippen molar-refractivity contribution in [3.63, 3.8) is 0 Å². The fourth-order valence-corrected chi connectivity index (χ4v) is 0. The van der Waals surface area contributed by atoms with Crippen molar-refractivity contribution in [2.75, 3.05) is 7.05 Å². The number of rotatable bonds is 0. The zero-order chi connectivity index (χ0) is 5.15. The molecular weight excluding hydrogens is 167 g/mol. The minimum Gasteiger partial charge on any atom is -0.498 e. The molecule has 0 aromatic carbocycles. The third kappa shape index (κ3) is 6.57. The minimum atomic E-state index is -0.0185. The van der Waals surface area contributed by atoms with Gasteiger partial charge in [-0.25, -0.2) is 0 Å². The maximum Gasteiger partial charge on any atom is 0.189 e. The van der Waals surface area contributed by atoms with Crippen LogP contribution in [0.4, 0.5) is 0 Å². The summed E-state index contributed by atoms with van der Waals surface area (Å²) in [7, 11) is 4.94. The Balaban J connectivity index is 0. The van der Waals surface area contributed by atoms with Gasteiger partial charge in [-0.05, 0) is 7.05 Å².